The van der Waals surface area contributed by atoms with Crippen LogP contribution in [0.1, 0.15) is 31.3 Å². The van der Waals surface area contributed by atoms with Gasteiger partial charge >= 0.3 is 0 Å². The van der Waals surface area contributed by atoms with E-state index in [0.717, 1.165) is 15.7 Å². The van der Waals surface area contributed by atoms with E-state index in [2.05, 4.69) is 15.1 Å². The lowest BCUT2D eigenvalue weighted by molar-refractivity contribution is 0.0656. The second-order valence-corrected chi connectivity index (χ2v) is 11.3. The molecule has 1 aromatic heterocycles. The van der Waals surface area contributed by atoms with E-state index in [1.54, 1.807) is 48.5 Å². The number of piperazine rings is 1. The Morgan fingerprint density at radius 1 is 0.882 bits per heavy atom. The van der Waals surface area contributed by atoms with Gasteiger partial charge in [0.05, 0.1) is 16.0 Å². The molecule has 176 valence electrons. The number of imide groups is 1. The molecule has 0 spiro atoms. The maximum Gasteiger partial charge on any atom is 0.261 e. The van der Waals surface area contributed by atoms with Crippen LogP contribution in [0.5, 0.6) is 0 Å². The van der Waals surface area contributed by atoms with Gasteiger partial charge in [-0.2, -0.15) is 4.31 Å². The molecule has 0 atom stereocenters. The smallest absolute Gasteiger partial charge is 0.261 e. The molecule has 2 aliphatic heterocycles. The highest BCUT2D eigenvalue weighted by Gasteiger charge is 2.34. The molecule has 9 nitrogen and oxygen atoms in total. The normalized spacial score (nSPS) is 16.9. The molecule has 1 saturated heterocycles. The van der Waals surface area contributed by atoms with Crippen molar-refractivity contribution in [3.8, 4) is 0 Å². The average molecular weight is 498 g/mol. The Balaban J connectivity index is 1.20. The van der Waals surface area contributed by atoms with Crippen molar-refractivity contribution in [2.45, 2.75) is 18.2 Å². The molecule has 34 heavy (non-hydrogen) atoms. The van der Waals surface area contributed by atoms with Crippen molar-refractivity contribution in [1.29, 1.82) is 0 Å². The minimum absolute atomic E-state index is 0.234. The van der Waals surface area contributed by atoms with Gasteiger partial charge in [0, 0.05) is 32.7 Å². The molecule has 3 aromatic rings. The molecule has 0 aliphatic carbocycles. The maximum absolute atomic E-state index is 13.1. The van der Waals surface area contributed by atoms with Gasteiger partial charge in [0.2, 0.25) is 15.2 Å². The van der Waals surface area contributed by atoms with Gasteiger partial charge in [-0.3, -0.25) is 14.5 Å². The lowest BCUT2D eigenvalue weighted by Crippen LogP contribution is -2.48. The summed E-state index contributed by atoms with van der Waals surface area (Å²) in [6.45, 7) is 4.01. The molecule has 0 saturated carbocycles. The van der Waals surface area contributed by atoms with Crippen molar-refractivity contribution in [1.82, 2.24) is 19.4 Å². The number of anilines is 1. The first-order chi connectivity index (χ1) is 16.3. The number of aryl methyl sites for hydroxylation is 1. The Kier molecular flexibility index (Phi) is 5.92. The van der Waals surface area contributed by atoms with Crippen LogP contribution in [0.4, 0.5) is 5.13 Å². The van der Waals surface area contributed by atoms with Gasteiger partial charge in [0.25, 0.3) is 11.8 Å². The largest absolute Gasteiger partial charge is 0.344 e. The number of amides is 2. The Labute approximate surface area is 201 Å². The molecular weight excluding hydrogens is 474 g/mol. The number of carbonyl (C=O) groups excluding carboxylic acids is 2. The van der Waals surface area contributed by atoms with E-state index in [9.17, 15) is 18.0 Å². The fourth-order valence-electron chi connectivity index (χ4n) is 4.19. The zero-order chi connectivity index (χ0) is 23.9. The quantitative estimate of drug-likeness (QED) is 0.481. The van der Waals surface area contributed by atoms with Crippen molar-refractivity contribution in [2.75, 3.05) is 37.6 Å². The fourth-order valence-corrected chi connectivity index (χ4v) is 6.36. The molecule has 0 radical (unpaired) electrons. The number of hydrogen-bond donors (Lipinski definition) is 0. The third-order valence-electron chi connectivity index (χ3n) is 6.09. The van der Waals surface area contributed by atoms with E-state index in [1.807, 2.05) is 6.92 Å². The average Bonchev–Trinajstić information content (AvgIpc) is 3.39. The van der Waals surface area contributed by atoms with Gasteiger partial charge in [0.15, 0.2) is 0 Å². The summed E-state index contributed by atoms with van der Waals surface area (Å²) in [6, 6.07) is 13.5. The van der Waals surface area contributed by atoms with Crippen LogP contribution < -0.4 is 4.90 Å². The van der Waals surface area contributed by atoms with Crippen molar-refractivity contribution in [2.24, 2.45) is 0 Å². The van der Waals surface area contributed by atoms with Crippen LogP contribution in [0.3, 0.4) is 0 Å². The fraction of sp³-hybridized carbons (Fsp3) is 0.304. The third-order valence-corrected chi connectivity index (χ3v) is 8.90. The van der Waals surface area contributed by atoms with Crippen LogP contribution in [0.25, 0.3) is 0 Å². The molecule has 2 aromatic carbocycles. The summed E-state index contributed by atoms with van der Waals surface area (Å²) in [4.78, 5) is 28.6. The van der Waals surface area contributed by atoms with Crippen molar-refractivity contribution < 1.29 is 18.0 Å². The summed E-state index contributed by atoms with van der Waals surface area (Å²) in [5, 5.41) is 9.87. The predicted octanol–water partition coefficient (Wildman–Crippen LogP) is 2.20. The number of benzene rings is 2. The van der Waals surface area contributed by atoms with Gasteiger partial charge in [-0.15, -0.1) is 10.2 Å². The molecule has 2 aliphatic rings. The minimum atomic E-state index is -3.61. The molecule has 11 heteroatoms. The highest BCUT2D eigenvalue weighted by molar-refractivity contribution is 7.89. The van der Waals surface area contributed by atoms with Crippen LogP contribution in [-0.2, 0) is 16.4 Å². The lowest BCUT2D eigenvalue weighted by Gasteiger charge is -2.33. The molecule has 5 rings (SSSR count). The Hall–Kier alpha value is -3.15. The van der Waals surface area contributed by atoms with E-state index in [-0.39, 0.29) is 23.3 Å². The van der Waals surface area contributed by atoms with E-state index in [1.165, 1.54) is 20.5 Å². The van der Waals surface area contributed by atoms with Crippen LogP contribution in [0, 0.1) is 6.92 Å². The summed E-state index contributed by atoms with van der Waals surface area (Å²) in [5.74, 6) is -0.578. The number of rotatable bonds is 6. The van der Waals surface area contributed by atoms with Crippen molar-refractivity contribution >= 4 is 38.3 Å². The summed E-state index contributed by atoms with van der Waals surface area (Å²) in [7, 11) is -3.61. The first-order valence-electron chi connectivity index (χ1n) is 10.9. The number of carbonyl (C=O) groups is 2. The molecule has 2 amide bonds. The molecular formula is C23H23N5O4S2. The van der Waals surface area contributed by atoms with Crippen LogP contribution >= 0.6 is 11.3 Å². The summed E-state index contributed by atoms with van der Waals surface area (Å²) in [5.41, 5.74) is 1.71. The van der Waals surface area contributed by atoms with E-state index in [4.69, 9.17) is 0 Å². The van der Waals surface area contributed by atoms with Crippen LogP contribution in [0.15, 0.2) is 53.4 Å². The molecule has 3 heterocycles. The van der Waals surface area contributed by atoms with Gasteiger partial charge in [0.1, 0.15) is 5.01 Å². The van der Waals surface area contributed by atoms with Crippen molar-refractivity contribution in [3.05, 3.63) is 70.2 Å². The zero-order valence-corrected chi connectivity index (χ0v) is 20.2. The topological polar surface area (TPSA) is 104 Å². The van der Waals surface area contributed by atoms with Crippen LogP contribution in [-0.4, -0.2) is 72.4 Å². The van der Waals surface area contributed by atoms with E-state index in [0.29, 0.717) is 43.7 Å². The lowest BCUT2D eigenvalue weighted by atomic mass is 10.1. The number of sulfonamides is 1. The molecule has 0 bridgehead atoms. The molecule has 0 N–H and O–H groups in total. The van der Waals surface area contributed by atoms with Crippen molar-refractivity contribution in [3.63, 3.8) is 0 Å². The zero-order valence-electron chi connectivity index (χ0n) is 18.5. The number of hydrogen-bond acceptors (Lipinski definition) is 8. The minimum Gasteiger partial charge on any atom is -0.344 e. The summed E-state index contributed by atoms with van der Waals surface area (Å²) in [6.07, 6.45) is 0.450. The first kappa shape index (κ1) is 22.6. The van der Waals surface area contributed by atoms with E-state index < -0.39 is 10.0 Å². The SMILES string of the molecule is Cc1nnc(N2CCN(S(=O)(=O)c3ccc(CCN4C(=O)c5ccccc5C4=O)cc3)CC2)s1. The monoisotopic (exact) mass is 497 g/mol. The highest BCUT2D eigenvalue weighted by Crippen LogP contribution is 2.25. The number of fused-ring (bicyclic) bond motifs is 1. The molecule has 0 unspecified atom stereocenters. The predicted molar refractivity (Wildman–Crippen MR) is 128 cm³/mol. The Morgan fingerprint density at radius 3 is 2.06 bits per heavy atom. The second-order valence-electron chi connectivity index (χ2n) is 8.20. The Bertz CT molecular complexity index is 1310. The van der Waals surface area contributed by atoms with Gasteiger partial charge in [-0.05, 0) is 43.2 Å². The van der Waals surface area contributed by atoms with Gasteiger partial charge < -0.3 is 4.90 Å². The van der Waals surface area contributed by atoms with E-state index >= 15 is 0 Å². The Morgan fingerprint density at radius 2 is 1.50 bits per heavy atom. The summed E-state index contributed by atoms with van der Waals surface area (Å²) >= 11 is 1.50. The third kappa shape index (κ3) is 4.10. The van der Waals surface area contributed by atoms with Gasteiger partial charge in [-0.1, -0.05) is 35.6 Å². The standard InChI is InChI=1S/C23H23N5O4S2/c1-16-24-25-23(33-16)26-12-14-27(15-13-26)34(31,32)18-8-6-17(7-9-18)10-11-28-21(29)19-4-2-3-5-20(19)22(28)30/h2-9H,10-15H2,1H3. The summed E-state index contributed by atoms with van der Waals surface area (Å²) < 4.78 is 27.7. The second kappa shape index (κ2) is 8.90. The first-order valence-corrected chi connectivity index (χ1v) is 13.2. The number of aromatic nitrogens is 2. The van der Waals surface area contributed by atoms with Crippen LogP contribution in [0.2, 0.25) is 0 Å². The molecule has 1 fully saturated rings. The van der Waals surface area contributed by atoms with Gasteiger partial charge in [-0.25, -0.2) is 8.42 Å². The highest BCUT2D eigenvalue weighted by atomic mass is 32.2. The maximum atomic E-state index is 13.1. The number of nitrogens with zero attached hydrogens (tertiary/aromatic N) is 5.